The molecule has 0 fully saturated rings. The number of aliphatic hydroxyl groups excluding tert-OH is 1. The molecule has 17 heavy (non-hydrogen) atoms. The third-order valence-corrected chi connectivity index (χ3v) is 2.82. The molecule has 0 aliphatic rings. The van der Waals surface area contributed by atoms with Crippen LogP contribution in [0.4, 0.5) is 5.69 Å². The van der Waals surface area contributed by atoms with Crippen molar-refractivity contribution in [2.24, 2.45) is 0 Å². The number of carbonyl (C=O) groups excluding carboxylic acids is 1. The standard InChI is InChI=1S/C10H11IN2O4/c11-4-10(15)12-5-7-1-2-8(6-14)9(3-7)13(16)17/h1-3,14H,4-6H2,(H,12,15). The number of nitro groups is 1. The number of alkyl halides is 1. The average molecular weight is 350 g/mol. The Morgan fingerprint density at radius 1 is 1.53 bits per heavy atom. The number of carbonyl (C=O) groups is 1. The van der Waals surface area contributed by atoms with Gasteiger partial charge in [0, 0.05) is 12.6 Å². The Morgan fingerprint density at radius 2 is 2.24 bits per heavy atom. The molecule has 0 radical (unpaired) electrons. The van der Waals surface area contributed by atoms with Gasteiger partial charge in [0.1, 0.15) is 0 Å². The van der Waals surface area contributed by atoms with Crippen molar-refractivity contribution in [1.29, 1.82) is 0 Å². The Hall–Kier alpha value is -1.22. The summed E-state index contributed by atoms with van der Waals surface area (Å²) >= 11 is 1.93. The smallest absolute Gasteiger partial charge is 0.275 e. The van der Waals surface area contributed by atoms with Crippen LogP contribution in [0.3, 0.4) is 0 Å². The van der Waals surface area contributed by atoms with Gasteiger partial charge in [-0.05, 0) is 11.6 Å². The second kappa shape index (κ2) is 6.50. The molecule has 0 unspecified atom stereocenters. The Morgan fingerprint density at radius 3 is 2.76 bits per heavy atom. The summed E-state index contributed by atoms with van der Waals surface area (Å²) < 4.78 is 0.342. The van der Waals surface area contributed by atoms with Gasteiger partial charge < -0.3 is 10.4 Å². The van der Waals surface area contributed by atoms with Crippen molar-refractivity contribution >= 4 is 34.2 Å². The highest BCUT2D eigenvalue weighted by Crippen LogP contribution is 2.20. The van der Waals surface area contributed by atoms with Gasteiger partial charge in [0.15, 0.2) is 0 Å². The lowest BCUT2D eigenvalue weighted by Gasteiger charge is -2.05. The van der Waals surface area contributed by atoms with E-state index in [9.17, 15) is 14.9 Å². The van der Waals surface area contributed by atoms with Gasteiger partial charge in [-0.1, -0.05) is 28.7 Å². The zero-order valence-corrected chi connectivity index (χ0v) is 11.0. The normalized spacial score (nSPS) is 10.0. The largest absolute Gasteiger partial charge is 0.391 e. The minimum Gasteiger partial charge on any atom is -0.391 e. The number of amides is 1. The van der Waals surface area contributed by atoms with Crippen molar-refractivity contribution in [2.45, 2.75) is 13.2 Å². The lowest BCUT2D eigenvalue weighted by atomic mass is 10.1. The predicted molar refractivity (Wildman–Crippen MR) is 69.8 cm³/mol. The van der Waals surface area contributed by atoms with Gasteiger partial charge in [-0.15, -0.1) is 0 Å². The van der Waals surface area contributed by atoms with Crippen molar-refractivity contribution in [2.75, 3.05) is 4.43 Å². The fourth-order valence-corrected chi connectivity index (χ4v) is 1.54. The van der Waals surface area contributed by atoms with Gasteiger partial charge in [-0.2, -0.15) is 0 Å². The van der Waals surface area contributed by atoms with E-state index in [1.54, 1.807) is 6.07 Å². The van der Waals surface area contributed by atoms with Crippen LogP contribution in [-0.4, -0.2) is 20.4 Å². The van der Waals surface area contributed by atoms with Crippen LogP contribution in [0.15, 0.2) is 18.2 Å². The van der Waals surface area contributed by atoms with E-state index in [1.165, 1.54) is 12.1 Å². The van der Waals surface area contributed by atoms with Crippen LogP contribution in [0.5, 0.6) is 0 Å². The molecule has 0 saturated carbocycles. The maximum Gasteiger partial charge on any atom is 0.275 e. The molecule has 0 heterocycles. The number of nitrogens with one attached hydrogen (secondary N) is 1. The summed E-state index contributed by atoms with van der Waals surface area (Å²) in [5.74, 6) is -0.125. The molecule has 7 heteroatoms. The Balaban J connectivity index is 2.85. The molecule has 1 aromatic rings. The second-order valence-electron chi connectivity index (χ2n) is 3.29. The third kappa shape index (κ3) is 3.93. The fraction of sp³-hybridized carbons (Fsp3) is 0.300. The molecule has 6 nitrogen and oxygen atoms in total. The summed E-state index contributed by atoms with van der Waals surface area (Å²) in [5.41, 5.74) is 0.764. The number of hydrogen-bond donors (Lipinski definition) is 2. The minimum atomic E-state index is -0.546. The molecular formula is C10H11IN2O4. The molecule has 92 valence electrons. The Kier molecular flexibility index (Phi) is 5.29. The number of halogens is 1. The fourth-order valence-electron chi connectivity index (χ4n) is 1.27. The Bertz CT molecular complexity index is 436. The minimum absolute atomic E-state index is 0.125. The molecule has 0 aliphatic carbocycles. The van der Waals surface area contributed by atoms with Crippen LogP contribution in [0.25, 0.3) is 0 Å². The molecule has 0 bridgehead atoms. The molecule has 0 saturated heterocycles. The Labute approximate surface area is 111 Å². The van der Waals surface area contributed by atoms with Gasteiger partial charge >= 0.3 is 0 Å². The molecule has 1 aromatic carbocycles. The van der Waals surface area contributed by atoms with Crippen LogP contribution in [0.1, 0.15) is 11.1 Å². The van der Waals surface area contributed by atoms with Crippen LogP contribution in [0.2, 0.25) is 0 Å². The maximum absolute atomic E-state index is 11.0. The van der Waals surface area contributed by atoms with Crippen LogP contribution >= 0.6 is 22.6 Å². The first-order valence-corrected chi connectivity index (χ1v) is 6.30. The number of nitrogens with zero attached hydrogens (tertiary/aromatic N) is 1. The quantitative estimate of drug-likeness (QED) is 0.361. The molecule has 0 spiro atoms. The van der Waals surface area contributed by atoms with Crippen molar-refractivity contribution < 1.29 is 14.8 Å². The van der Waals surface area contributed by atoms with E-state index in [0.717, 1.165) is 0 Å². The van der Waals surface area contributed by atoms with Gasteiger partial charge in [0.2, 0.25) is 5.91 Å². The molecule has 2 N–H and O–H groups in total. The van der Waals surface area contributed by atoms with Gasteiger partial charge in [-0.25, -0.2) is 0 Å². The molecule has 1 rings (SSSR count). The monoisotopic (exact) mass is 350 g/mol. The number of benzene rings is 1. The average Bonchev–Trinajstić information content (AvgIpc) is 2.35. The molecule has 0 aliphatic heterocycles. The van der Waals surface area contributed by atoms with E-state index in [-0.39, 0.29) is 30.3 Å². The van der Waals surface area contributed by atoms with Crippen molar-refractivity contribution in [1.82, 2.24) is 5.32 Å². The lowest BCUT2D eigenvalue weighted by Crippen LogP contribution is -2.23. The number of nitro benzene ring substituents is 1. The van der Waals surface area contributed by atoms with E-state index in [1.807, 2.05) is 22.6 Å². The summed E-state index contributed by atoms with van der Waals surface area (Å²) in [6.45, 7) is -0.134. The molecule has 0 atom stereocenters. The van der Waals surface area contributed by atoms with Crippen LogP contribution < -0.4 is 5.32 Å². The highest BCUT2D eigenvalue weighted by Gasteiger charge is 2.13. The maximum atomic E-state index is 11.0. The number of rotatable bonds is 5. The molecule has 1 amide bonds. The summed E-state index contributed by atoms with van der Waals surface area (Å²) in [5, 5.41) is 22.3. The first-order valence-electron chi connectivity index (χ1n) is 4.78. The molecular weight excluding hydrogens is 339 g/mol. The van der Waals surface area contributed by atoms with E-state index < -0.39 is 4.92 Å². The SMILES string of the molecule is O=C(CI)NCc1ccc(CO)c([N+](=O)[O-])c1. The predicted octanol–water partition coefficient (Wildman–Crippen LogP) is 1.14. The van der Waals surface area contributed by atoms with E-state index in [2.05, 4.69) is 5.32 Å². The van der Waals surface area contributed by atoms with Crippen LogP contribution in [-0.2, 0) is 17.9 Å². The summed E-state index contributed by atoms with van der Waals surface area (Å²) in [6.07, 6.45) is 0. The zero-order chi connectivity index (χ0) is 12.8. The van der Waals surface area contributed by atoms with Crippen molar-refractivity contribution in [3.63, 3.8) is 0 Å². The highest BCUT2D eigenvalue weighted by atomic mass is 127. The number of hydrogen-bond acceptors (Lipinski definition) is 4. The van der Waals surface area contributed by atoms with Gasteiger partial charge in [-0.3, -0.25) is 14.9 Å². The van der Waals surface area contributed by atoms with E-state index in [0.29, 0.717) is 9.99 Å². The summed E-state index contributed by atoms with van der Waals surface area (Å²) in [7, 11) is 0. The summed E-state index contributed by atoms with van der Waals surface area (Å²) in [6, 6.07) is 4.49. The highest BCUT2D eigenvalue weighted by molar-refractivity contribution is 14.1. The first-order chi connectivity index (χ1) is 8.08. The first kappa shape index (κ1) is 13.8. The zero-order valence-electron chi connectivity index (χ0n) is 8.85. The van der Waals surface area contributed by atoms with Crippen molar-refractivity contribution in [3.8, 4) is 0 Å². The lowest BCUT2D eigenvalue weighted by molar-refractivity contribution is -0.385. The van der Waals surface area contributed by atoms with E-state index >= 15 is 0 Å². The molecule has 0 aromatic heterocycles. The second-order valence-corrected chi connectivity index (χ2v) is 4.05. The van der Waals surface area contributed by atoms with Gasteiger partial charge in [0.05, 0.1) is 21.5 Å². The van der Waals surface area contributed by atoms with E-state index in [4.69, 9.17) is 5.11 Å². The van der Waals surface area contributed by atoms with Gasteiger partial charge in [0.25, 0.3) is 5.69 Å². The number of aliphatic hydroxyl groups is 1. The third-order valence-electron chi connectivity index (χ3n) is 2.13. The van der Waals surface area contributed by atoms with Crippen LogP contribution in [0, 0.1) is 10.1 Å². The summed E-state index contributed by atoms with van der Waals surface area (Å²) in [4.78, 5) is 21.2. The topological polar surface area (TPSA) is 92.5 Å². The van der Waals surface area contributed by atoms with Crippen molar-refractivity contribution in [3.05, 3.63) is 39.4 Å².